The van der Waals surface area contributed by atoms with Crippen molar-refractivity contribution in [2.45, 2.75) is 44.1 Å². The highest BCUT2D eigenvalue weighted by molar-refractivity contribution is 7.98. The molecule has 0 unspecified atom stereocenters. The Hall–Kier alpha value is -3.00. The molecule has 8 heteroatoms. The fourth-order valence-electron chi connectivity index (χ4n) is 3.16. The molecular formula is C21H22N6OS. The first kappa shape index (κ1) is 19.3. The number of hydrogen-bond donors (Lipinski definition) is 0. The molecule has 0 atom stereocenters. The molecule has 0 aliphatic rings. The van der Waals surface area contributed by atoms with Gasteiger partial charge in [-0.1, -0.05) is 49.9 Å². The van der Waals surface area contributed by atoms with Crippen LogP contribution >= 0.6 is 11.8 Å². The van der Waals surface area contributed by atoms with Gasteiger partial charge in [0, 0.05) is 6.54 Å². The Morgan fingerprint density at radius 1 is 1.03 bits per heavy atom. The van der Waals surface area contributed by atoms with Crippen molar-refractivity contribution in [3.63, 3.8) is 0 Å². The number of hydrogen-bond acceptors (Lipinski definition) is 6. The number of fused-ring (bicyclic) bond motifs is 1. The lowest BCUT2D eigenvalue weighted by Gasteiger charge is -2.13. The van der Waals surface area contributed by atoms with Crippen LogP contribution in [0.15, 0.2) is 58.5 Å². The highest BCUT2D eigenvalue weighted by Crippen LogP contribution is 2.24. The van der Waals surface area contributed by atoms with E-state index in [-0.39, 0.29) is 5.56 Å². The molecule has 148 valence electrons. The Morgan fingerprint density at radius 2 is 1.83 bits per heavy atom. The third kappa shape index (κ3) is 3.93. The van der Waals surface area contributed by atoms with E-state index in [9.17, 15) is 4.79 Å². The smallest absolute Gasteiger partial charge is 0.266 e. The van der Waals surface area contributed by atoms with Crippen molar-refractivity contribution >= 4 is 22.7 Å². The normalized spacial score (nSPS) is 11.2. The average molecular weight is 407 g/mol. The Bertz CT molecular complexity index is 1180. The summed E-state index contributed by atoms with van der Waals surface area (Å²) in [6, 6.07) is 15.5. The second-order valence-electron chi connectivity index (χ2n) is 6.68. The predicted octanol–water partition coefficient (Wildman–Crippen LogP) is 3.64. The largest absolute Gasteiger partial charge is 0.268 e. The van der Waals surface area contributed by atoms with Crippen LogP contribution in [-0.2, 0) is 18.7 Å². The summed E-state index contributed by atoms with van der Waals surface area (Å²) in [6.45, 7) is 4.96. The fraction of sp³-hybridized carbons (Fsp3) is 0.286. The van der Waals surface area contributed by atoms with Crippen molar-refractivity contribution < 1.29 is 0 Å². The van der Waals surface area contributed by atoms with Gasteiger partial charge in [-0.25, -0.2) is 9.67 Å². The second kappa shape index (κ2) is 8.57. The molecule has 4 aromatic rings. The van der Waals surface area contributed by atoms with Gasteiger partial charge in [-0.3, -0.25) is 9.36 Å². The molecule has 7 nitrogen and oxygen atoms in total. The minimum Gasteiger partial charge on any atom is -0.268 e. The van der Waals surface area contributed by atoms with Gasteiger partial charge >= 0.3 is 0 Å². The summed E-state index contributed by atoms with van der Waals surface area (Å²) >= 11 is 1.47. The fourth-order valence-corrected chi connectivity index (χ4v) is 4.10. The highest BCUT2D eigenvalue weighted by Gasteiger charge is 2.15. The van der Waals surface area contributed by atoms with Gasteiger partial charge in [0.25, 0.3) is 5.56 Å². The van der Waals surface area contributed by atoms with Crippen LogP contribution in [0.4, 0.5) is 0 Å². The van der Waals surface area contributed by atoms with Crippen molar-refractivity contribution in [3.8, 4) is 5.69 Å². The van der Waals surface area contributed by atoms with Crippen LogP contribution in [0, 0.1) is 0 Å². The number of nitrogens with zero attached hydrogens (tertiary/aromatic N) is 6. The lowest BCUT2D eigenvalue weighted by atomic mass is 10.1. The van der Waals surface area contributed by atoms with Crippen molar-refractivity contribution in [3.05, 3.63) is 70.3 Å². The molecule has 2 heterocycles. The molecule has 4 rings (SSSR count). The number of rotatable bonds is 7. The van der Waals surface area contributed by atoms with Gasteiger partial charge in [-0.15, -0.1) is 5.10 Å². The second-order valence-corrected chi connectivity index (χ2v) is 7.62. The molecule has 2 aromatic carbocycles. The number of thioether (sulfide) groups is 1. The van der Waals surface area contributed by atoms with E-state index in [1.807, 2.05) is 48.5 Å². The zero-order chi connectivity index (χ0) is 20.2. The first-order chi connectivity index (χ1) is 14.2. The summed E-state index contributed by atoms with van der Waals surface area (Å²) in [5, 5.41) is 13.2. The lowest BCUT2D eigenvalue weighted by Crippen LogP contribution is -2.22. The molecule has 0 saturated heterocycles. The molecule has 0 amide bonds. The molecule has 29 heavy (non-hydrogen) atoms. The summed E-state index contributed by atoms with van der Waals surface area (Å²) in [4.78, 5) is 18.1. The molecule has 0 radical (unpaired) electrons. The van der Waals surface area contributed by atoms with Crippen LogP contribution in [0.3, 0.4) is 0 Å². The minimum absolute atomic E-state index is 0.0736. The molecule has 0 saturated carbocycles. The Balaban J connectivity index is 1.78. The van der Waals surface area contributed by atoms with Gasteiger partial charge < -0.3 is 0 Å². The maximum atomic E-state index is 13.3. The van der Waals surface area contributed by atoms with Crippen LogP contribution in [-0.4, -0.2) is 29.8 Å². The number of benzene rings is 2. The van der Waals surface area contributed by atoms with Gasteiger partial charge in [-0.05, 0) is 53.1 Å². The van der Waals surface area contributed by atoms with E-state index in [0.29, 0.717) is 21.8 Å². The van der Waals surface area contributed by atoms with Crippen LogP contribution in [0.25, 0.3) is 16.6 Å². The van der Waals surface area contributed by atoms with Gasteiger partial charge in [0.2, 0.25) is 0 Å². The summed E-state index contributed by atoms with van der Waals surface area (Å²) in [5.41, 5.74) is 2.65. The molecule has 0 fully saturated rings. The van der Waals surface area contributed by atoms with Gasteiger partial charge in [0.15, 0.2) is 11.0 Å². The summed E-state index contributed by atoms with van der Waals surface area (Å²) in [5.74, 6) is 1.30. The van der Waals surface area contributed by atoms with Crippen LogP contribution in [0.2, 0.25) is 0 Å². The first-order valence-electron chi connectivity index (χ1n) is 9.70. The maximum Gasteiger partial charge on any atom is 0.266 e. The molecule has 0 spiro atoms. The van der Waals surface area contributed by atoms with E-state index >= 15 is 0 Å². The monoisotopic (exact) mass is 406 g/mol. The SMILES string of the molecule is CCCn1nnnc1CSc1nc2ccccc2c(=O)n1-c1ccc(CC)cc1. The van der Waals surface area contributed by atoms with Crippen molar-refractivity contribution in [1.82, 2.24) is 29.8 Å². The number of aryl methyl sites for hydroxylation is 2. The van der Waals surface area contributed by atoms with Crippen molar-refractivity contribution in [2.75, 3.05) is 0 Å². The number of para-hydroxylation sites is 1. The summed E-state index contributed by atoms with van der Waals surface area (Å²) < 4.78 is 3.48. The molecule has 0 bridgehead atoms. The van der Waals surface area contributed by atoms with Crippen molar-refractivity contribution in [1.29, 1.82) is 0 Å². The van der Waals surface area contributed by atoms with E-state index in [4.69, 9.17) is 4.98 Å². The quantitative estimate of drug-likeness (QED) is 0.344. The van der Waals surface area contributed by atoms with Crippen LogP contribution in [0.1, 0.15) is 31.7 Å². The summed E-state index contributed by atoms with van der Waals surface area (Å²) in [7, 11) is 0. The average Bonchev–Trinajstić information content (AvgIpc) is 3.20. The summed E-state index contributed by atoms with van der Waals surface area (Å²) in [6.07, 6.45) is 1.90. The molecule has 0 aliphatic heterocycles. The van der Waals surface area contributed by atoms with Crippen molar-refractivity contribution in [2.24, 2.45) is 0 Å². The van der Waals surface area contributed by atoms with E-state index in [2.05, 4.69) is 29.4 Å². The van der Waals surface area contributed by atoms with Gasteiger partial charge in [0.05, 0.1) is 22.3 Å². The maximum absolute atomic E-state index is 13.3. The Kier molecular flexibility index (Phi) is 5.71. The highest BCUT2D eigenvalue weighted by atomic mass is 32.2. The molecule has 0 N–H and O–H groups in total. The first-order valence-corrected chi connectivity index (χ1v) is 10.7. The zero-order valence-corrected chi connectivity index (χ0v) is 17.3. The Morgan fingerprint density at radius 3 is 2.59 bits per heavy atom. The van der Waals surface area contributed by atoms with Crippen LogP contribution in [0.5, 0.6) is 0 Å². The number of aromatic nitrogens is 6. The van der Waals surface area contributed by atoms with Gasteiger partial charge in [-0.2, -0.15) is 0 Å². The van der Waals surface area contributed by atoms with E-state index in [1.54, 1.807) is 9.25 Å². The van der Waals surface area contributed by atoms with E-state index < -0.39 is 0 Å². The zero-order valence-electron chi connectivity index (χ0n) is 16.4. The lowest BCUT2D eigenvalue weighted by molar-refractivity contribution is 0.564. The minimum atomic E-state index is -0.0736. The van der Waals surface area contributed by atoms with Gasteiger partial charge in [0.1, 0.15) is 0 Å². The molecule has 2 aromatic heterocycles. The predicted molar refractivity (Wildman–Crippen MR) is 114 cm³/mol. The molecular weight excluding hydrogens is 384 g/mol. The third-order valence-electron chi connectivity index (χ3n) is 4.72. The molecule has 0 aliphatic carbocycles. The van der Waals surface area contributed by atoms with E-state index in [1.165, 1.54) is 17.3 Å². The number of tetrazole rings is 1. The topological polar surface area (TPSA) is 78.5 Å². The third-order valence-corrected chi connectivity index (χ3v) is 5.65. The van der Waals surface area contributed by atoms with Crippen LogP contribution < -0.4 is 5.56 Å². The Labute approximate surface area is 172 Å². The van der Waals surface area contributed by atoms with E-state index in [0.717, 1.165) is 30.9 Å². The standard InChI is InChI=1S/C21H22N6OS/c1-3-13-26-19(23-24-25-26)14-29-21-22-18-8-6-5-7-17(18)20(28)27(21)16-11-9-15(4-2)10-12-16/h5-12H,3-4,13-14H2,1-2H3.